The molecule has 0 aromatic heterocycles. The molecule has 0 heterocycles. The van der Waals surface area contributed by atoms with Crippen LogP contribution in [0.15, 0.2) is 30.3 Å². The Morgan fingerprint density at radius 2 is 1.95 bits per heavy atom. The second-order valence-electron chi connectivity index (χ2n) is 6.16. The van der Waals surface area contributed by atoms with Gasteiger partial charge in [0.25, 0.3) is 0 Å². The minimum absolute atomic E-state index is 0.0232. The zero-order valence-electron chi connectivity index (χ0n) is 12.4. The molecule has 1 amide bonds. The van der Waals surface area contributed by atoms with E-state index in [2.05, 4.69) is 29.6 Å². The molecule has 4 nitrogen and oxygen atoms in total. The van der Waals surface area contributed by atoms with Gasteiger partial charge in [-0.2, -0.15) is 0 Å². The Labute approximate surface area is 125 Å². The maximum Gasteiger partial charge on any atom is 0.303 e. The Hall–Kier alpha value is -1.84. The lowest BCUT2D eigenvalue weighted by Crippen LogP contribution is -2.33. The molecule has 0 saturated heterocycles. The third-order valence-electron chi connectivity index (χ3n) is 4.15. The van der Waals surface area contributed by atoms with Gasteiger partial charge in [-0.25, -0.2) is 0 Å². The molecular formula is C17H23NO3. The van der Waals surface area contributed by atoms with Crippen LogP contribution in [0.1, 0.15) is 44.1 Å². The van der Waals surface area contributed by atoms with Crippen LogP contribution in [0.4, 0.5) is 0 Å². The molecule has 0 bridgehead atoms. The van der Waals surface area contributed by atoms with Crippen LogP contribution in [-0.2, 0) is 9.59 Å². The van der Waals surface area contributed by atoms with Crippen molar-refractivity contribution >= 4 is 11.9 Å². The van der Waals surface area contributed by atoms with E-state index in [-0.39, 0.29) is 18.2 Å². The quantitative estimate of drug-likeness (QED) is 0.811. The van der Waals surface area contributed by atoms with Crippen LogP contribution in [0, 0.1) is 11.8 Å². The number of carboxylic acid groups (broad SMARTS) is 1. The van der Waals surface area contributed by atoms with Crippen LogP contribution in [0.5, 0.6) is 0 Å². The van der Waals surface area contributed by atoms with Gasteiger partial charge in [0.05, 0.1) is 0 Å². The summed E-state index contributed by atoms with van der Waals surface area (Å²) in [5.41, 5.74) is 1.37. The highest BCUT2D eigenvalue weighted by Gasteiger charge is 2.31. The standard InChI is InChI=1S/C17H23NO3/c1-12(7-17(20)21)11-18-16(19)10-13-8-15(9-13)14-5-3-2-4-6-14/h2-6,12-13,15H,7-11H2,1H3,(H,18,19)(H,20,21). The Kier molecular flexibility index (Phi) is 5.37. The first-order valence-electron chi connectivity index (χ1n) is 7.58. The molecule has 1 aromatic carbocycles. The molecule has 0 spiro atoms. The third kappa shape index (κ3) is 4.88. The van der Waals surface area contributed by atoms with Crippen LogP contribution in [0.25, 0.3) is 0 Å². The van der Waals surface area contributed by atoms with Gasteiger partial charge in [-0.3, -0.25) is 9.59 Å². The number of nitrogens with one attached hydrogen (secondary N) is 1. The summed E-state index contributed by atoms with van der Waals surface area (Å²) in [5, 5.41) is 11.5. The predicted octanol–water partition coefficient (Wildman–Crippen LogP) is 2.80. The van der Waals surface area contributed by atoms with Crippen molar-refractivity contribution in [3.63, 3.8) is 0 Å². The Bertz CT molecular complexity index is 480. The molecule has 0 aliphatic heterocycles. The van der Waals surface area contributed by atoms with Gasteiger partial charge in [-0.05, 0) is 36.2 Å². The Morgan fingerprint density at radius 1 is 1.29 bits per heavy atom. The summed E-state index contributed by atoms with van der Waals surface area (Å²) in [6.45, 7) is 2.28. The molecule has 1 fully saturated rings. The van der Waals surface area contributed by atoms with Crippen molar-refractivity contribution in [1.29, 1.82) is 0 Å². The summed E-state index contributed by atoms with van der Waals surface area (Å²) >= 11 is 0. The minimum atomic E-state index is -0.818. The second-order valence-corrected chi connectivity index (χ2v) is 6.16. The normalized spacial score (nSPS) is 22.1. The fourth-order valence-corrected chi connectivity index (χ4v) is 2.89. The molecule has 1 aliphatic carbocycles. The number of hydrogen-bond donors (Lipinski definition) is 2. The Morgan fingerprint density at radius 3 is 2.57 bits per heavy atom. The highest BCUT2D eigenvalue weighted by Crippen LogP contribution is 2.43. The third-order valence-corrected chi connectivity index (χ3v) is 4.15. The van der Waals surface area contributed by atoms with Gasteiger partial charge < -0.3 is 10.4 Å². The van der Waals surface area contributed by atoms with Gasteiger partial charge in [-0.15, -0.1) is 0 Å². The lowest BCUT2D eigenvalue weighted by molar-refractivity contribution is -0.138. The molecule has 1 saturated carbocycles. The van der Waals surface area contributed by atoms with Gasteiger partial charge in [0.2, 0.25) is 5.91 Å². The van der Waals surface area contributed by atoms with Crippen molar-refractivity contribution in [2.75, 3.05) is 6.54 Å². The number of carbonyl (C=O) groups excluding carboxylic acids is 1. The molecular weight excluding hydrogens is 266 g/mol. The number of carbonyl (C=O) groups is 2. The van der Waals surface area contributed by atoms with Crippen LogP contribution in [0.2, 0.25) is 0 Å². The predicted molar refractivity (Wildman–Crippen MR) is 81.0 cm³/mol. The summed E-state index contributed by atoms with van der Waals surface area (Å²) < 4.78 is 0. The lowest BCUT2D eigenvalue weighted by atomic mass is 9.70. The highest BCUT2D eigenvalue weighted by atomic mass is 16.4. The highest BCUT2D eigenvalue weighted by molar-refractivity contribution is 5.76. The topological polar surface area (TPSA) is 66.4 Å². The zero-order chi connectivity index (χ0) is 15.2. The van der Waals surface area contributed by atoms with E-state index in [0.717, 1.165) is 12.8 Å². The Balaban J connectivity index is 1.63. The van der Waals surface area contributed by atoms with E-state index >= 15 is 0 Å². The van der Waals surface area contributed by atoms with E-state index in [0.29, 0.717) is 24.8 Å². The maximum atomic E-state index is 11.8. The van der Waals surface area contributed by atoms with Gasteiger partial charge in [0, 0.05) is 19.4 Å². The number of aliphatic carboxylic acids is 1. The van der Waals surface area contributed by atoms with Crippen molar-refractivity contribution in [2.24, 2.45) is 11.8 Å². The summed E-state index contributed by atoms with van der Waals surface area (Å²) in [6, 6.07) is 10.4. The zero-order valence-corrected chi connectivity index (χ0v) is 12.4. The summed E-state index contributed by atoms with van der Waals surface area (Å²) in [4.78, 5) is 22.4. The first-order valence-corrected chi connectivity index (χ1v) is 7.58. The smallest absolute Gasteiger partial charge is 0.303 e. The number of benzene rings is 1. The molecule has 1 aliphatic rings. The number of amides is 1. The number of carboxylic acids is 1. The van der Waals surface area contributed by atoms with Crippen molar-refractivity contribution in [2.45, 2.75) is 38.5 Å². The van der Waals surface area contributed by atoms with Gasteiger partial charge >= 0.3 is 5.97 Å². The lowest BCUT2D eigenvalue weighted by Gasteiger charge is -2.35. The van der Waals surface area contributed by atoms with Crippen molar-refractivity contribution in [3.8, 4) is 0 Å². The fourth-order valence-electron chi connectivity index (χ4n) is 2.89. The first-order chi connectivity index (χ1) is 10.0. The van der Waals surface area contributed by atoms with Gasteiger partial charge in [-0.1, -0.05) is 37.3 Å². The van der Waals surface area contributed by atoms with E-state index in [4.69, 9.17) is 5.11 Å². The average Bonchev–Trinajstić information content (AvgIpc) is 2.40. The molecule has 21 heavy (non-hydrogen) atoms. The minimum Gasteiger partial charge on any atom is -0.481 e. The number of rotatable bonds is 7. The van der Waals surface area contributed by atoms with Crippen molar-refractivity contribution in [1.82, 2.24) is 5.32 Å². The molecule has 4 heteroatoms. The van der Waals surface area contributed by atoms with E-state index in [1.54, 1.807) is 0 Å². The molecule has 114 valence electrons. The number of hydrogen-bond acceptors (Lipinski definition) is 2. The van der Waals surface area contributed by atoms with Crippen molar-refractivity contribution < 1.29 is 14.7 Å². The largest absolute Gasteiger partial charge is 0.481 e. The summed E-state index contributed by atoms with van der Waals surface area (Å²) in [5.74, 6) is 0.259. The monoisotopic (exact) mass is 289 g/mol. The molecule has 2 N–H and O–H groups in total. The SMILES string of the molecule is CC(CNC(=O)CC1CC(c2ccccc2)C1)CC(=O)O. The average molecular weight is 289 g/mol. The maximum absolute atomic E-state index is 11.8. The second kappa shape index (κ2) is 7.25. The molecule has 2 rings (SSSR count). The van der Waals surface area contributed by atoms with E-state index < -0.39 is 5.97 Å². The van der Waals surface area contributed by atoms with E-state index in [1.165, 1.54) is 5.56 Å². The molecule has 1 aromatic rings. The van der Waals surface area contributed by atoms with E-state index in [1.807, 2.05) is 13.0 Å². The molecule has 1 unspecified atom stereocenters. The van der Waals surface area contributed by atoms with Crippen LogP contribution in [-0.4, -0.2) is 23.5 Å². The van der Waals surface area contributed by atoms with E-state index in [9.17, 15) is 9.59 Å². The van der Waals surface area contributed by atoms with Crippen LogP contribution >= 0.6 is 0 Å². The van der Waals surface area contributed by atoms with Gasteiger partial charge in [0.1, 0.15) is 0 Å². The fraction of sp³-hybridized carbons (Fsp3) is 0.529. The molecule has 0 radical (unpaired) electrons. The first kappa shape index (κ1) is 15.5. The van der Waals surface area contributed by atoms with Crippen LogP contribution < -0.4 is 5.32 Å². The summed E-state index contributed by atoms with van der Waals surface area (Å²) in [6.07, 6.45) is 2.80. The van der Waals surface area contributed by atoms with Crippen LogP contribution in [0.3, 0.4) is 0 Å². The van der Waals surface area contributed by atoms with Crippen molar-refractivity contribution in [3.05, 3.63) is 35.9 Å². The van der Waals surface area contributed by atoms with Gasteiger partial charge in [0.15, 0.2) is 0 Å². The summed E-state index contributed by atoms with van der Waals surface area (Å²) in [7, 11) is 0. The molecule has 1 atom stereocenters.